The van der Waals surface area contributed by atoms with Crippen LogP contribution in [0.15, 0.2) is 64.8 Å². The van der Waals surface area contributed by atoms with Crippen LogP contribution in [0.5, 0.6) is 0 Å². The molecule has 1 amide bonds. The van der Waals surface area contributed by atoms with Gasteiger partial charge in [0.2, 0.25) is 5.91 Å². The Kier molecular flexibility index (Phi) is 5.94. The maximum absolute atomic E-state index is 12.1. The van der Waals surface area contributed by atoms with Crippen molar-refractivity contribution in [1.82, 2.24) is 10.3 Å². The summed E-state index contributed by atoms with van der Waals surface area (Å²) in [6, 6.07) is 18.0. The number of rotatable bonds is 6. The van der Waals surface area contributed by atoms with Gasteiger partial charge in [0, 0.05) is 29.8 Å². The summed E-state index contributed by atoms with van der Waals surface area (Å²) in [6.07, 6.45) is 2.13. The normalized spacial score (nSPS) is 17.7. The highest BCUT2D eigenvalue weighted by molar-refractivity contribution is 8.15. The van der Waals surface area contributed by atoms with Gasteiger partial charge in [-0.2, -0.15) is 5.10 Å². The number of aromatic nitrogens is 1. The van der Waals surface area contributed by atoms with E-state index < -0.39 is 0 Å². The highest BCUT2D eigenvalue weighted by Crippen LogP contribution is 2.29. The average Bonchev–Trinajstić information content (AvgIpc) is 3.29. The van der Waals surface area contributed by atoms with Gasteiger partial charge in [0.25, 0.3) is 0 Å². The van der Waals surface area contributed by atoms with Gasteiger partial charge in [0.15, 0.2) is 5.17 Å². The first kappa shape index (κ1) is 19.9. The molecular formula is C22H20N4O3S. The van der Waals surface area contributed by atoms with E-state index in [4.69, 9.17) is 4.74 Å². The molecule has 0 saturated carbocycles. The monoisotopic (exact) mass is 420 g/mol. The molecule has 7 nitrogen and oxygen atoms in total. The van der Waals surface area contributed by atoms with Gasteiger partial charge in [-0.25, -0.2) is 0 Å². The molecule has 3 aromatic rings. The molecular weight excluding hydrogens is 400 g/mol. The van der Waals surface area contributed by atoms with Gasteiger partial charge in [-0.15, -0.1) is 5.10 Å². The van der Waals surface area contributed by atoms with Crippen molar-refractivity contribution in [2.75, 3.05) is 6.61 Å². The Morgan fingerprint density at radius 1 is 1.17 bits per heavy atom. The van der Waals surface area contributed by atoms with Crippen molar-refractivity contribution >= 4 is 45.9 Å². The van der Waals surface area contributed by atoms with E-state index in [9.17, 15) is 9.59 Å². The number of hydrogen-bond acceptors (Lipinski definition) is 6. The lowest BCUT2D eigenvalue weighted by Crippen LogP contribution is -2.25. The van der Waals surface area contributed by atoms with Gasteiger partial charge in [-0.3, -0.25) is 9.59 Å². The van der Waals surface area contributed by atoms with Crippen molar-refractivity contribution < 1.29 is 14.3 Å². The minimum atomic E-state index is -0.357. The number of amidine groups is 1. The summed E-state index contributed by atoms with van der Waals surface area (Å²) >= 11 is 1.29. The van der Waals surface area contributed by atoms with Crippen LogP contribution in [0, 0.1) is 0 Å². The van der Waals surface area contributed by atoms with Gasteiger partial charge in [-0.1, -0.05) is 60.3 Å². The zero-order valence-electron chi connectivity index (χ0n) is 16.3. The summed E-state index contributed by atoms with van der Waals surface area (Å²) in [5.74, 6) is -0.511. The first-order valence-corrected chi connectivity index (χ1v) is 10.4. The summed E-state index contributed by atoms with van der Waals surface area (Å²) in [5, 5.41) is 12.3. The van der Waals surface area contributed by atoms with Gasteiger partial charge in [0.05, 0.1) is 23.8 Å². The second-order valence-electron chi connectivity index (χ2n) is 6.70. The number of para-hydroxylation sites is 1. The summed E-state index contributed by atoms with van der Waals surface area (Å²) in [7, 11) is 0. The second kappa shape index (κ2) is 8.96. The third-order valence-electron chi connectivity index (χ3n) is 4.61. The molecule has 1 aliphatic rings. The Bertz CT molecular complexity index is 1140. The average molecular weight is 420 g/mol. The van der Waals surface area contributed by atoms with Crippen molar-refractivity contribution in [2.45, 2.75) is 18.6 Å². The standard InChI is InChI=1S/C22H20N4O3S/c1-14(27)29-12-11-19-21(28)25-22(30-19)26-23-13-17-16-9-5-6-10-18(16)24-20(17)15-7-3-2-4-8-15/h2-10,13,19,24H,11-12H2,1H3,(H,25,26,28)/b23-13-. The maximum atomic E-state index is 12.1. The molecule has 152 valence electrons. The number of H-pyrrole nitrogens is 1. The van der Waals surface area contributed by atoms with Crippen LogP contribution in [0.25, 0.3) is 22.2 Å². The minimum Gasteiger partial charge on any atom is -0.466 e. The predicted octanol–water partition coefficient (Wildman–Crippen LogP) is 3.71. The molecule has 2 N–H and O–H groups in total. The van der Waals surface area contributed by atoms with E-state index in [1.807, 2.05) is 54.6 Å². The number of thioether (sulfide) groups is 1. The Morgan fingerprint density at radius 2 is 1.93 bits per heavy atom. The van der Waals surface area contributed by atoms with Crippen LogP contribution in [0.3, 0.4) is 0 Å². The van der Waals surface area contributed by atoms with Crippen LogP contribution < -0.4 is 5.32 Å². The van der Waals surface area contributed by atoms with Crippen LogP contribution in [0.1, 0.15) is 18.9 Å². The summed E-state index contributed by atoms with van der Waals surface area (Å²) in [4.78, 5) is 26.4. The third kappa shape index (κ3) is 4.44. The van der Waals surface area contributed by atoms with Crippen molar-refractivity contribution in [2.24, 2.45) is 10.2 Å². The van der Waals surface area contributed by atoms with Gasteiger partial charge >= 0.3 is 5.97 Å². The van der Waals surface area contributed by atoms with Crippen LogP contribution in [0.4, 0.5) is 0 Å². The molecule has 1 aliphatic heterocycles. The Morgan fingerprint density at radius 3 is 2.73 bits per heavy atom. The number of carbonyl (C=O) groups excluding carboxylic acids is 2. The number of fused-ring (bicyclic) bond motifs is 1. The second-order valence-corrected chi connectivity index (χ2v) is 7.89. The molecule has 0 bridgehead atoms. The summed E-state index contributed by atoms with van der Waals surface area (Å²) in [6.45, 7) is 1.55. The highest BCUT2D eigenvalue weighted by atomic mass is 32.2. The maximum Gasteiger partial charge on any atom is 0.302 e. The number of aromatic amines is 1. The van der Waals surface area contributed by atoms with Crippen molar-refractivity contribution in [3.63, 3.8) is 0 Å². The predicted molar refractivity (Wildman–Crippen MR) is 120 cm³/mol. The number of amides is 1. The smallest absolute Gasteiger partial charge is 0.302 e. The number of benzene rings is 2. The molecule has 0 radical (unpaired) electrons. The minimum absolute atomic E-state index is 0.154. The van der Waals surface area contributed by atoms with Crippen LogP contribution >= 0.6 is 11.8 Å². The topological polar surface area (TPSA) is 95.9 Å². The molecule has 1 unspecified atom stereocenters. The van der Waals surface area contributed by atoms with Gasteiger partial charge < -0.3 is 15.0 Å². The SMILES string of the molecule is CC(=O)OCCC1S/C(=N\N=C/c2c(-c3ccccc3)[nH]c3ccccc23)NC1=O. The van der Waals surface area contributed by atoms with Crippen LogP contribution in [-0.2, 0) is 14.3 Å². The number of carbonyl (C=O) groups is 2. The van der Waals surface area contributed by atoms with Crippen molar-refractivity contribution in [1.29, 1.82) is 0 Å². The first-order valence-electron chi connectivity index (χ1n) is 9.50. The van der Waals surface area contributed by atoms with Gasteiger partial charge in [-0.05, 0) is 11.6 Å². The van der Waals surface area contributed by atoms with E-state index in [1.54, 1.807) is 6.21 Å². The molecule has 1 atom stereocenters. The van der Waals surface area contributed by atoms with Crippen molar-refractivity contribution in [3.05, 3.63) is 60.2 Å². The lowest BCUT2D eigenvalue weighted by atomic mass is 10.1. The lowest BCUT2D eigenvalue weighted by molar-refractivity contribution is -0.141. The first-order chi connectivity index (χ1) is 14.6. The molecule has 0 aliphatic carbocycles. The number of ether oxygens (including phenoxy) is 1. The van der Waals surface area contributed by atoms with E-state index in [0.29, 0.717) is 11.6 Å². The summed E-state index contributed by atoms with van der Waals surface area (Å²) < 4.78 is 4.91. The molecule has 1 saturated heterocycles. The molecule has 30 heavy (non-hydrogen) atoms. The Hall–Kier alpha value is -3.39. The third-order valence-corrected chi connectivity index (χ3v) is 5.75. The molecule has 4 rings (SSSR count). The fourth-order valence-corrected chi connectivity index (χ4v) is 4.12. The zero-order valence-corrected chi connectivity index (χ0v) is 17.1. The molecule has 1 aromatic heterocycles. The zero-order chi connectivity index (χ0) is 20.9. The number of hydrogen-bond donors (Lipinski definition) is 2. The van der Waals surface area contributed by atoms with Crippen LogP contribution in [0.2, 0.25) is 0 Å². The summed E-state index contributed by atoms with van der Waals surface area (Å²) in [5.41, 5.74) is 3.96. The number of esters is 1. The molecule has 2 aromatic carbocycles. The van der Waals surface area contributed by atoms with Crippen molar-refractivity contribution in [3.8, 4) is 11.3 Å². The Balaban J connectivity index is 1.54. The fourth-order valence-electron chi connectivity index (χ4n) is 3.22. The Labute approximate surface area is 177 Å². The number of nitrogens with zero attached hydrogens (tertiary/aromatic N) is 2. The quantitative estimate of drug-likeness (QED) is 0.361. The van der Waals surface area contributed by atoms with Gasteiger partial charge in [0.1, 0.15) is 0 Å². The van der Waals surface area contributed by atoms with E-state index >= 15 is 0 Å². The van der Waals surface area contributed by atoms with Crippen LogP contribution in [-0.4, -0.2) is 40.1 Å². The molecule has 2 heterocycles. The van der Waals surface area contributed by atoms with E-state index in [2.05, 4.69) is 20.5 Å². The largest absolute Gasteiger partial charge is 0.466 e. The fraction of sp³-hybridized carbons (Fsp3) is 0.182. The lowest BCUT2D eigenvalue weighted by Gasteiger charge is -2.04. The van der Waals surface area contributed by atoms with E-state index in [-0.39, 0.29) is 23.7 Å². The highest BCUT2D eigenvalue weighted by Gasteiger charge is 2.30. The van der Waals surface area contributed by atoms with E-state index in [1.165, 1.54) is 18.7 Å². The molecule has 1 fully saturated rings. The van der Waals surface area contributed by atoms with E-state index in [0.717, 1.165) is 27.7 Å². The molecule has 0 spiro atoms. The molecule has 8 heteroatoms. The number of nitrogens with one attached hydrogen (secondary N) is 2.